The molecule has 2 aromatic carbocycles. The molecule has 23 heavy (non-hydrogen) atoms. The molecule has 0 spiro atoms. The van der Waals surface area contributed by atoms with E-state index in [9.17, 15) is 14.7 Å². The maximum Gasteiger partial charge on any atom is 0.335 e. The van der Waals surface area contributed by atoms with Gasteiger partial charge in [0.25, 0.3) is 5.56 Å². The van der Waals surface area contributed by atoms with Crippen molar-refractivity contribution < 1.29 is 15.0 Å². The van der Waals surface area contributed by atoms with Gasteiger partial charge in [0.1, 0.15) is 5.75 Å². The Hall–Kier alpha value is -2.80. The number of phenols is 1. The van der Waals surface area contributed by atoms with Crippen LogP contribution in [0.3, 0.4) is 0 Å². The number of nitrogens with zero attached hydrogens (tertiary/aromatic N) is 2. The number of benzene rings is 2. The Morgan fingerprint density at radius 3 is 2.48 bits per heavy atom. The molecule has 0 bridgehead atoms. The summed E-state index contributed by atoms with van der Waals surface area (Å²) < 4.78 is 1.43. The molecule has 0 atom stereocenters. The number of rotatable bonds is 3. The molecule has 0 aliphatic heterocycles. The van der Waals surface area contributed by atoms with Crippen molar-refractivity contribution in [2.24, 2.45) is 0 Å². The number of aromatic nitrogens is 2. The minimum Gasteiger partial charge on any atom is -0.508 e. The predicted molar refractivity (Wildman–Crippen MR) is 87.7 cm³/mol. The van der Waals surface area contributed by atoms with Gasteiger partial charge in [0, 0.05) is 6.07 Å². The fourth-order valence-electron chi connectivity index (χ4n) is 2.27. The van der Waals surface area contributed by atoms with E-state index in [0.29, 0.717) is 21.7 Å². The van der Waals surface area contributed by atoms with E-state index in [4.69, 9.17) is 5.11 Å². The van der Waals surface area contributed by atoms with Crippen molar-refractivity contribution in [2.75, 3.05) is 6.26 Å². The van der Waals surface area contributed by atoms with Crippen LogP contribution in [-0.2, 0) is 0 Å². The molecule has 0 aliphatic rings. The highest BCUT2D eigenvalue weighted by Gasteiger charge is 2.13. The van der Waals surface area contributed by atoms with Crippen LogP contribution in [-0.4, -0.2) is 32.0 Å². The Bertz CT molecular complexity index is 964. The molecular formula is C16H12N2O4S. The number of aromatic hydroxyl groups is 1. The molecule has 0 saturated heterocycles. The van der Waals surface area contributed by atoms with Gasteiger partial charge < -0.3 is 10.2 Å². The second kappa shape index (κ2) is 5.77. The first-order valence-electron chi connectivity index (χ1n) is 6.65. The maximum atomic E-state index is 12.8. The molecule has 1 heterocycles. The number of carboxylic acid groups (broad SMARTS) is 1. The van der Waals surface area contributed by atoms with Crippen molar-refractivity contribution in [1.29, 1.82) is 0 Å². The Morgan fingerprint density at radius 2 is 1.87 bits per heavy atom. The summed E-state index contributed by atoms with van der Waals surface area (Å²) in [4.78, 5) is 28.1. The Kier molecular flexibility index (Phi) is 3.79. The summed E-state index contributed by atoms with van der Waals surface area (Å²) in [6.07, 6.45) is 1.79. The van der Waals surface area contributed by atoms with E-state index in [-0.39, 0.29) is 16.9 Å². The van der Waals surface area contributed by atoms with Gasteiger partial charge in [0.05, 0.1) is 22.2 Å². The van der Waals surface area contributed by atoms with Crippen LogP contribution in [0, 0.1) is 0 Å². The van der Waals surface area contributed by atoms with Crippen LogP contribution >= 0.6 is 11.8 Å². The normalized spacial score (nSPS) is 10.8. The number of phenolic OH excluding ortho intramolecular Hbond substituents is 1. The van der Waals surface area contributed by atoms with Gasteiger partial charge >= 0.3 is 5.97 Å². The number of aromatic carboxylic acids is 1. The average Bonchev–Trinajstić information content (AvgIpc) is 2.54. The summed E-state index contributed by atoms with van der Waals surface area (Å²) >= 11 is 1.29. The lowest BCUT2D eigenvalue weighted by molar-refractivity contribution is 0.0697. The van der Waals surface area contributed by atoms with Gasteiger partial charge in [-0.25, -0.2) is 9.78 Å². The number of hydrogen-bond donors (Lipinski definition) is 2. The smallest absolute Gasteiger partial charge is 0.335 e. The van der Waals surface area contributed by atoms with Crippen LogP contribution in [0.25, 0.3) is 16.6 Å². The van der Waals surface area contributed by atoms with Crippen molar-refractivity contribution >= 4 is 28.6 Å². The van der Waals surface area contributed by atoms with E-state index >= 15 is 0 Å². The van der Waals surface area contributed by atoms with Crippen LogP contribution in [0.1, 0.15) is 10.4 Å². The van der Waals surface area contributed by atoms with Crippen molar-refractivity contribution in [3.63, 3.8) is 0 Å². The van der Waals surface area contributed by atoms with Gasteiger partial charge in [-0.05, 0) is 42.7 Å². The molecule has 116 valence electrons. The van der Waals surface area contributed by atoms with Crippen LogP contribution in [0.15, 0.2) is 52.4 Å². The first kappa shape index (κ1) is 15.1. The SMILES string of the molecule is CSc1nc2cc(O)ccc2c(=O)n1-c1ccc(C(=O)O)cc1. The third-order valence-corrected chi connectivity index (χ3v) is 4.02. The number of carboxylic acids is 1. The predicted octanol–water partition coefficient (Wildman–Crippen LogP) is 2.51. The lowest BCUT2D eigenvalue weighted by Crippen LogP contribution is -2.21. The molecule has 7 heteroatoms. The standard InChI is InChI=1S/C16H12N2O4S/c1-23-16-17-13-8-11(19)6-7-12(13)14(20)18(16)10-4-2-9(3-5-10)15(21)22/h2-8,19H,1H3,(H,21,22). The highest BCUT2D eigenvalue weighted by Crippen LogP contribution is 2.22. The molecule has 1 aromatic heterocycles. The molecule has 6 nitrogen and oxygen atoms in total. The zero-order chi connectivity index (χ0) is 16.6. The molecule has 0 amide bonds. The lowest BCUT2D eigenvalue weighted by atomic mass is 10.2. The summed E-state index contributed by atoms with van der Waals surface area (Å²) in [6.45, 7) is 0. The van der Waals surface area contributed by atoms with Gasteiger partial charge in [0.15, 0.2) is 5.16 Å². The minimum absolute atomic E-state index is 0.0417. The van der Waals surface area contributed by atoms with E-state index in [1.807, 2.05) is 0 Å². The summed E-state index contributed by atoms with van der Waals surface area (Å²) in [7, 11) is 0. The minimum atomic E-state index is -1.03. The summed E-state index contributed by atoms with van der Waals surface area (Å²) in [5.41, 5.74) is 0.818. The summed E-state index contributed by atoms with van der Waals surface area (Å²) in [5, 5.41) is 19.3. The van der Waals surface area contributed by atoms with Crippen molar-refractivity contribution in [2.45, 2.75) is 5.16 Å². The molecule has 0 saturated carbocycles. The van der Waals surface area contributed by atoms with Gasteiger partial charge in [-0.2, -0.15) is 0 Å². The lowest BCUT2D eigenvalue weighted by Gasteiger charge is -2.12. The second-order valence-electron chi connectivity index (χ2n) is 4.79. The molecule has 0 fully saturated rings. The zero-order valence-electron chi connectivity index (χ0n) is 12.1. The van der Waals surface area contributed by atoms with Crippen LogP contribution in [0.2, 0.25) is 0 Å². The van der Waals surface area contributed by atoms with Crippen LogP contribution in [0.4, 0.5) is 0 Å². The summed E-state index contributed by atoms with van der Waals surface area (Å²) in [6, 6.07) is 10.4. The fraction of sp³-hybridized carbons (Fsp3) is 0.0625. The number of thioether (sulfide) groups is 1. The van der Waals surface area contributed by atoms with Gasteiger partial charge in [-0.15, -0.1) is 0 Å². The molecule has 0 aliphatic carbocycles. The Labute approximate surface area is 135 Å². The van der Waals surface area contributed by atoms with Crippen LogP contribution in [0.5, 0.6) is 5.75 Å². The molecule has 3 aromatic rings. The first-order chi connectivity index (χ1) is 11.0. The average molecular weight is 328 g/mol. The fourth-order valence-corrected chi connectivity index (χ4v) is 2.83. The highest BCUT2D eigenvalue weighted by atomic mass is 32.2. The van der Waals surface area contributed by atoms with E-state index in [2.05, 4.69) is 4.98 Å². The summed E-state index contributed by atoms with van der Waals surface area (Å²) in [5.74, 6) is -0.985. The molecular weight excluding hydrogens is 316 g/mol. The van der Waals surface area contributed by atoms with Crippen molar-refractivity contribution in [3.05, 3.63) is 58.4 Å². The molecule has 3 rings (SSSR count). The first-order valence-corrected chi connectivity index (χ1v) is 7.87. The van der Waals surface area contributed by atoms with Crippen molar-refractivity contribution in [1.82, 2.24) is 9.55 Å². The van der Waals surface area contributed by atoms with Crippen LogP contribution < -0.4 is 5.56 Å². The van der Waals surface area contributed by atoms with E-state index in [1.165, 1.54) is 46.7 Å². The quantitative estimate of drug-likeness (QED) is 0.567. The highest BCUT2D eigenvalue weighted by molar-refractivity contribution is 7.98. The van der Waals surface area contributed by atoms with Gasteiger partial charge in [-0.1, -0.05) is 11.8 Å². The van der Waals surface area contributed by atoms with Crippen molar-refractivity contribution in [3.8, 4) is 11.4 Å². The molecule has 2 N–H and O–H groups in total. The monoisotopic (exact) mass is 328 g/mol. The molecule has 0 radical (unpaired) electrons. The number of carbonyl (C=O) groups is 1. The zero-order valence-corrected chi connectivity index (χ0v) is 12.9. The van der Waals surface area contributed by atoms with E-state index in [0.717, 1.165) is 0 Å². The maximum absolute atomic E-state index is 12.8. The largest absolute Gasteiger partial charge is 0.508 e. The van der Waals surface area contributed by atoms with E-state index in [1.54, 1.807) is 18.4 Å². The number of fused-ring (bicyclic) bond motifs is 1. The third-order valence-electron chi connectivity index (χ3n) is 3.38. The molecule has 0 unspecified atom stereocenters. The number of hydrogen-bond acceptors (Lipinski definition) is 5. The Morgan fingerprint density at radius 1 is 1.17 bits per heavy atom. The Balaban J connectivity index is 2.27. The topological polar surface area (TPSA) is 92.4 Å². The third kappa shape index (κ3) is 2.66. The van der Waals surface area contributed by atoms with E-state index < -0.39 is 5.97 Å². The van der Waals surface area contributed by atoms with Gasteiger partial charge in [-0.3, -0.25) is 9.36 Å². The second-order valence-corrected chi connectivity index (χ2v) is 5.57. The van der Waals surface area contributed by atoms with Gasteiger partial charge in [0.2, 0.25) is 0 Å².